The summed E-state index contributed by atoms with van der Waals surface area (Å²) in [5, 5.41) is 14.0. The molecule has 124 valence electrons. The third kappa shape index (κ3) is 3.60. The predicted molar refractivity (Wildman–Crippen MR) is 95.0 cm³/mol. The second-order valence-corrected chi connectivity index (χ2v) is 7.12. The fourth-order valence-electron chi connectivity index (χ4n) is 2.30. The van der Waals surface area contributed by atoms with Gasteiger partial charge in [-0.25, -0.2) is 14.4 Å². The SMILES string of the molecule is Cc1nccc(Nc2ccc(-c3ccc(C(C)(C)O)cc3F)s2)n1. The molecule has 0 fully saturated rings. The number of hydrogen-bond donors (Lipinski definition) is 2. The highest BCUT2D eigenvalue weighted by atomic mass is 32.1. The van der Waals surface area contributed by atoms with Crippen LogP contribution in [0.4, 0.5) is 15.2 Å². The number of nitrogens with zero attached hydrogens (tertiary/aromatic N) is 2. The van der Waals surface area contributed by atoms with Crippen molar-refractivity contribution >= 4 is 22.2 Å². The lowest BCUT2D eigenvalue weighted by atomic mass is 9.97. The van der Waals surface area contributed by atoms with E-state index in [1.807, 2.05) is 19.1 Å². The average molecular weight is 343 g/mol. The van der Waals surface area contributed by atoms with Crippen LogP contribution in [0.25, 0.3) is 10.4 Å². The summed E-state index contributed by atoms with van der Waals surface area (Å²) in [4.78, 5) is 9.15. The van der Waals surface area contributed by atoms with E-state index in [0.717, 1.165) is 9.88 Å². The minimum atomic E-state index is -1.06. The number of hydrogen-bond acceptors (Lipinski definition) is 5. The summed E-state index contributed by atoms with van der Waals surface area (Å²) in [6, 6.07) is 10.4. The van der Waals surface area contributed by atoms with E-state index in [4.69, 9.17) is 0 Å². The van der Waals surface area contributed by atoms with Gasteiger partial charge in [0, 0.05) is 16.6 Å². The zero-order valence-corrected chi connectivity index (χ0v) is 14.5. The summed E-state index contributed by atoms with van der Waals surface area (Å²) < 4.78 is 14.4. The van der Waals surface area contributed by atoms with Gasteiger partial charge in [-0.15, -0.1) is 11.3 Å². The molecule has 0 amide bonds. The number of aryl methyl sites for hydroxylation is 1. The molecule has 0 spiro atoms. The summed E-state index contributed by atoms with van der Waals surface area (Å²) in [7, 11) is 0. The van der Waals surface area contributed by atoms with Crippen LogP contribution in [0.3, 0.4) is 0 Å². The monoisotopic (exact) mass is 343 g/mol. The molecule has 24 heavy (non-hydrogen) atoms. The maximum Gasteiger partial charge on any atom is 0.134 e. The third-order valence-corrected chi connectivity index (χ3v) is 4.61. The standard InChI is InChI=1S/C18H18FN3OS/c1-11-20-9-8-16(21-11)22-17-7-6-15(24-17)13-5-4-12(10-14(13)19)18(2,3)23/h4-10,23H,1-3H3,(H,20,21,22). The predicted octanol–water partition coefficient (Wildman–Crippen LogP) is 4.62. The molecule has 0 aliphatic carbocycles. The van der Waals surface area contributed by atoms with Crippen molar-refractivity contribution in [3.8, 4) is 10.4 Å². The molecule has 3 aromatic rings. The van der Waals surface area contributed by atoms with E-state index in [2.05, 4.69) is 15.3 Å². The minimum absolute atomic E-state index is 0.346. The average Bonchev–Trinajstić information content (AvgIpc) is 2.94. The number of halogens is 1. The Kier molecular flexibility index (Phi) is 4.34. The molecule has 0 saturated heterocycles. The Hall–Kier alpha value is -2.31. The molecule has 0 bridgehead atoms. The molecule has 0 radical (unpaired) electrons. The summed E-state index contributed by atoms with van der Waals surface area (Å²) >= 11 is 1.44. The van der Waals surface area contributed by atoms with Gasteiger partial charge in [-0.05, 0) is 50.6 Å². The van der Waals surface area contributed by atoms with Crippen molar-refractivity contribution in [3.63, 3.8) is 0 Å². The largest absolute Gasteiger partial charge is 0.386 e. The van der Waals surface area contributed by atoms with Gasteiger partial charge in [-0.3, -0.25) is 0 Å². The molecular weight excluding hydrogens is 325 g/mol. The molecule has 4 nitrogen and oxygen atoms in total. The maximum absolute atomic E-state index is 14.4. The van der Waals surface area contributed by atoms with Crippen molar-refractivity contribution in [2.45, 2.75) is 26.4 Å². The first-order valence-electron chi connectivity index (χ1n) is 7.52. The van der Waals surface area contributed by atoms with Crippen LogP contribution in [0.1, 0.15) is 25.2 Å². The molecule has 2 N–H and O–H groups in total. The van der Waals surface area contributed by atoms with Crippen LogP contribution in [-0.2, 0) is 5.60 Å². The Labute approximate surface area is 144 Å². The molecule has 1 aromatic carbocycles. The van der Waals surface area contributed by atoms with E-state index in [0.29, 0.717) is 22.8 Å². The molecule has 0 aliphatic rings. The van der Waals surface area contributed by atoms with Gasteiger partial charge in [-0.1, -0.05) is 12.1 Å². The van der Waals surface area contributed by atoms with Crippen molar-refractivity contribution in [1.82, 2.24) is 9.97 Å². The first kappa shape index (κ1) is 16.5. The highest BCUT2D eigenvalue weighted by Gasteiger charge is 2.18. The lowest BCUT2D eigenvalue weighted by Gasteiger charge is -2.18. The van der Waals surface area contributed by atoms with Gasteiger partial charge in [0.2, 0.25) is 0 Å². The minimum Gasteiger partial charge on any atom is -0.386 e. The Bertz CT molecular complexity index is 871. The molecule has 3 rings (SSSR count). The maximum atomic E-state index is 14.4. The van der Waals surface area contributed by atoms with Crippen LogP contribution < -0.4 is 5.32 Å². The van der Waals surface area contributed by atoms with Crippen LogP contribution in [-0.4, -0.2) is 15.1 Å². The van der Waals surface area contributed by atoms with Gasteiger partial charge in [0.25, 0.3) is 0 Å². The van der Waals surface area contributed by atoms with Gasteiger partial charge in [0.15, 0.2) is 0 Å². The number of aromatic nitrogens is 2. The zero-order chi connectivity index (χ0) is 17.3. The topological polar surface area (TPSA) is 58.0 Å². The van der Waals surface area contributed by atoms with Gasteiger partial charge in [0.1, 0.15) is 17.5 Å². The molecular formula is C18H18FN3OS. The number of nitrogens with one attached hydrogen (secondary N) is 1. The summed E-state index contributed by atoms with van der Waals surface area (Å²) in [6.07, 6.45) is 1.69. The van der Waals surface area contributed by atoms with Gasteiger partial charge < -0.3 is 10.4 Å². The van der Waals surface area contributed by atoms with Crippen molar-refractivity contribution in [3.05, 3.63) is 59.8 Å². The van der Waals surface area contributed by atoms with E-state index >= 15 is 0 Å². The van der Waals surface area contributed by atoms with Crippen LogP contribution in [0, 0.1) is 12.7 Å². The van der Waals surface area contributed by atoms with E-state index < -0.39 is 5.60 Å². The number of aliphatic hydroxyl groups is 1. The van der Waals surface area contributed by atoms with Crippen LogP contribution in [0.15, 0.2) is 42.6 Å². The fourth-order valence-corrected chi connectivity index (χ4v) is 3.24. The smallest absolute Gasteiger partial charge is 0.134 e. The number of rotatable bonds is 4. The van der Waals surface area contributed by atoms with Crippen molar-refractivity contribution in [2.24, 2.45) is 0 Å². The van der Waals surface area contributed by atoms with Crippen molar-refractivity contribution < 1.29 is 9.50 Å². The van der Waals surface area contributed by atoms with E-state index in [-0.39, 0.29) is 5.82 Å². The first-order valence-corrected chi connectivity index (χ1v) is 8.34. The Balaban J connectivity index is 1.85. The third-order valence-electron chi connectivity index (χ3n) is 3.57. The van der Waals surface area contributed by atoms with Crippen molar-refractivity contribution in [1.29, 1.82) is 0 Å². The number of benzene rings is 1. The summed E-state index contributed by atoms with van der Waals surface area (Å²) in [5.41, 5.74) is 0.00176. The highest BCUT2D eigenvalue weighted by Crippen LogP contribution is 2.35. The second kappa shape index (κ2) is 6.30. The molecule has 2 heterocycles. The highest BCUT2D eigenvalue weighted by molar-refractivity contribution is 7.19. The number of thiophene rings is 1. The first-order chi connectivity index (χ1) is 11.3. The van der Waals surface area contributed by atoms with Crippen molar-refractivity contribution in [2.75, 3.05) is 5.32 Å². The summed E-state index contributed by atoms with van der Waals surface area (Å²) in [6.45, 7) is 5.10. The molecule has 0 aliphatic heterocycles. The molecule has 6 heteroatoms. The second-order valence-electron chi connectivity index (χ2n) is 6.03. The molecule has 0 atom stereocenters. The zero-order valence-electron chi connectivity index (χ0n) is 13.7. The molecule has 0 unspecified atom stereocenters. The quantitative estimate of drug-likeness (QED) is 0.725. The molecule has 2 aromatic heterocycles. The molecule has 0 saturated carbocycles. The van der Waals surface area contributed by atoms with E-state index in [9.17, 15) is 9.50 Å². The van der Waals surface area contributed by atoms with Crippen LogP contribution in [0.2, 0.25) is 0 Å². The Morgan fingerprint density at radius 1 is 1.17 bits per heavy atom. The summed E-state index contributed by atoms with van der Waals surface area (Å²) in [5.74, 6) is 1.04. The normalized spacial score (nSPS) is 11.5. The van der Waals surface area contributed by atoms with E-state index in [1.54, 1.807) is 38.2 Å². The Morgan fingerprint density at radius 2 is 1.96 bits per heavy atom. The van der Waals surface area contributed by atoms with Gasteiger partial charge in [0.05, 0.1) is 10.6 Å². The Morgan fingerprint density at radius 3 is 2.62 bits per heavy atom. The van der Waals surface area contributed by atoms with Crippen LogP contribution >= 0.6 is 11.3 Å². The fraction of sp³-hybridized carbons (Fsp3) is 0.222. The van der Waals surface area contributed by atoms with Gasteiger partial charge in [-0.2, -0.15) is 0 Å². The lowest BCUT2D eigenvalue weighted by molar-refractivity contribution is 0.0782. The lowest BCUT2D eigenvalue weighted by Crippen LogP contribution is -2.15. The van der Waals surface area contributed by atoms with Crippen LogP contribution in [0.5, 0.6) is 0 Å². The van der Waals surface area contributed by atoms with Gasteiger partial charge >= 0.3 is 0 Å². The number of anilines is 2. The van der Waals surface area contributed by atoms with E-state index in [1.165, 1.54) is 17.4 Å².